The summed E-state index contributed by atoms with van der Waals surface area (Å²) in [5.74, 6) is 0.0313. The number of aromatic nitrogens is 1. The number of amides is 1. The van der Waals surface area contributed by atoms with Crippen molar-refractivity contribution < 1.29 is 4.79 Å². The summed E-state index contributed by atoms with van der Waals surface area (Å²) < 4.78 is 0. The van der Waals surface area contributed by atoms with E-state index in [9.17, 15) is 4.79 Å². The fraction of sp³-hybridized carbons (Fsp3) is 0.200. The number of aryl methyl sites for hydroxylation is 1. The van der Waals surface area contributed by atoms with Crippen LogP contribution in [0.2, 0.25) is 5.02 Å². The molecule has 3 nitrogen and oxygen atoms in total. The van der Waals surface area contributed by atoms with Gasteiger partial charge in [-0.15, -0.1) is 0 Å². The van der Waals surface area contributed by atoms with Crippen LogP contribution in [0.4, 0.5) is 0 Å². The van der Waals surface area contributed by atoms with Gasteiger partial charge in [-0.1, -0.05) is 29.8 Å². The molecule has 4 heteroatoms. The second-order valence-electron chi connectivity index (χ2n) is 4.27. The van der Waals surface area contributed by atoms with E-state index >= 15 is 0 Å². The molecule has 2 aromatic rings. The van der Waals surface area contributed by atoms with Gasteiger partial charge in [-0.05, 0) is 35.7 Å². The van der Waals surface area contributed by atoms with Gasteiger partial charge in [-0.2, -0.15) is 0 Å². The molecule has 0 aliphatic carbocycles. The Morgan fingerprint density at radius 2 is 2.05 bits per heavy atom. The molecular weight excluding hydrogens is 260 g/mol. The molecule has 0 spiro atoms. The molecule has 0 unspecified atom stereocenters. The first-order valence-electron chi connectivity index (χ1n) is 6.14. The second kappa shape index (κ2) is 6.90. The van der Waals surface area contributed by atoms with Crippen LogP contribution in [0.5, 0.6) is 0 Å². The third-order valence-electron chi connectivity index (χ3n) is 2.74. The van der Waals surface area contributed by atoms with E-state index in [1.54, 1.807) is 12.4 Å². The Balaban J connectivity index is 1.76. The minimum atomic E-state index is 0.0313. The summed E-state index contributed by atoms with van der Waals surface area (Å²) in [6, 6.07) is 11.4. The van der Waals surface area contributed by atoms with Gasteiger partial charge in [-0.25, -0.2) is 0 Å². The molecule has 0 aliphatic rings. The molecule has 0 fully saturated rings. The number of hydrogen-bond donors (Lipinski definition) is 1. The summed E-state index contributed by atoms with van der Waals surface area (Å²) in [4.78, 5) is 15.7. The van der Waals surface area contributed by atoms with Crippen molar-refractivity contribution in [3.05, 3.63) is 64.9 Å². The van der Waals surface area contributed by atoms with Crippen LogP contribution in [0.25, 0.3) is 0 Å². The largest absolute Gasteiger partial charge is 0.352 e. The van der Waals surface area contributed by atoms with Crippen molar-refractivity contribution in [2.75, 3.05) is 0 Å². The van der Waals surface area contributed by atoms with Crippen molar-refractivity contribution in [1.82, 2.24) is 10.3 Å². The maximum atomic E-state index is 11.7. The van der Waals surface area contributed by atoms with E-state index < -0.39 is 0 Å². The van der Waals surface area contributed by atoms with E-state index in [-0.39, 0.29) is 5.91 Å². The first-order chi connectivity index (χ1) is 9.24. The SMILES string of the molecule is O=C(CCc1cccc(Cl)c1)NCc1cccnc1. The molecule has 0 bridgehead atoms. The molecule has 0 saturated carbocycles. The lowest BCUT2D eigenvalue weighted by Crippen LogP contribution is -2.23. The number of rotatable bonds is 5. The number of carbonyl (C=O) groups is 1. The van der Waals surface area contributed by atoms with Crippen molar-refractivity contribution in [1.29, 1.82) is 0 Å². The number of nitrogens with one attached hydrogen (secondary N) is 1. The normalized spacial score (nSPS) is 10.2. The van der Waals surface area contributed by atoms with E-state index in [1.807, 2.05) is 36.4 Å². The number of hydrogen-bond acceptors (Lipinski definition) is 2. The van der Waals surface area contributed by atoms with Gasteiger partial charge in [0.2, 0.25) is 5.91 Å². The lowest BCUT2D eigenvalue weighted by atomic mass is 10.1. The molecule has 1 N–H and O–H groups in total. The van der Waals surface area contributed by atoms with Crippen LogP contribution >= 0.6 is 11.6 Å². The summed E-state index contributed by atoms with van der Waals surface area (Å²) in [5.41, 5.74) is 2.07. The van der Waals surface area contributed by atoms with Crippen LogP contribution in [0, 0.1) is 0 Å². The maximum Gasteiger partial charge on any atom is 0.220 e. The highest BCUT2D eigenvalue weighted by Gasteiger charge is 2.02. The fourth-order valence-electron chi connectivity index (χ4n) is 1.74. The zero-order valence-corrected chi connectivity index (χ0v) is 11.2. The van der Waals surface area contributed by atoms with Gasteiger partial charge < -0.3 is 5.32 Å². The second-order valence-corrected chi connectivity index (χ2v) is 4.70. The molecule has 0 aliphatic heterocycles. The summed E-state index contributed by atoms with van der Waals surface area (Å²) in [7, 11) is 0. The summed E-state index contributed by atoms with van der Waals surface area (Å²) in [6.07, 6.45) is 4.61. The third kappa shape index (κ3) is 4.72. The van der Waals surface area contributed by atoms with Gasteiger partial charge >= 0.3 is 0 Å². The monoisotopic (exact) mass is 274 g/mol. The summed E-state index contributed by atoms with van der Waals surface area (Å²) >= 11 is 5.89. The number of pyridine rings is 1. The Morgan fingerprint density at radius 3 is 2.79 bits per heavy atom. The lowest BCUT2D eigenvalue weighted by Gasteiger charge is -2.05. The molecule has 2 rings (SSSR count). The van der Waals surface area contributed by atoms with Crippen LogP contribution in [-0.2, 0) is 17.8 Å². The highest BCUT2D eigenvalue weighted by atomic mass is 35.5. The first-order valence-corrected chi connectivity index (χ1v) is 6.52. The average molecular weight is 275 g/mol. The molecule has 1 aromatic heterocycles. The zero-order chi connectivity index (χ0) is 13.5. The molecule has 19 heavy (non-hydrogen) atoms. The van der Waals surface area contributed by atoms with E-state index in [2.05, 4.69) is 10.3 Å². The smallest absolute Gasteiger partial charge is 0.220 e. The van der Waals surface area contributed by atoms with Crippen molar-refractivity contribution in [2.24, 2.45) is 0 Å². The molecule has 1 aromatic carbocycles. The molecule has 1 heterocycles. The predicted octanol–water partition coefficient (Wildman–Crippen LogP) is 2.98. The van der Waals surface area contributed by atoms with E-state index in [4.69, 9.17) is 11.6 Å². The Bertz CT molecular complexity index is 543. The Morgan fingerprint density at radius 1 is 1.21 bits per heavy atom. The number of carbonyl (C=O) groups excluding carboxylic acids is 1. The standard InChI is InChI=1S/C15H15ClN2O/c16-14-5-1-3-12(9-14)6-7-15(19)18-11-13-4-2-8-17-10-13/h1-5,8-10H,6-7,11H2,(H,18,19). The minimum Gasteiger partial charge on any atom is -0.352 e. The quantitative estimate of drug-likeness (QED) is 0.911. The molecule has 1 amide bonds. The summed E-state index contributed by atoms with van der Waals surface area (Å²) in [6.45, 7) is 0.516. The highest BCUT2D eigenvalue weighted by Crippen LogP contribution is 2.12. The van der Waals surface area contributed by atoms with E-state index in [1.165, 1.54) is 0 Å². The molecule has 98 valence electrons. The topological polar surface area (TPSA) is 42.0 Å². The maximum absolute atomic E-state index is 11.7. The molecular formula is C15H15ClN2O. The zero-order valence-electron chi connectivity index (χ0n) is 10.5. The van der Waals surface area contributed by atoms with Gasteiger partial charge in [0.1, 0.15) is 0 Å². The van der Waals surface area contributed by atoms with E-state index in [0.29, 0.717) is 24.4 Å². The van der Waals surface area contributed by atoms with Crippen molar-refractivity contribution >= 4 is 17.5 Å². The van der Waals surface area contributed by atoms with Crippen molar-refractivity contribution in [2.45, 2.75) is 19.4 Å². The van der Waals surface area contributed by atoms with Crippen LogP contribution in [0.3, 0.4) is 0 Å². The Kier molecular flexibility index (Phi) is 4.93. The minimum absolute atomic E-state index is 0.0313. The first kappa shape index (κ1) is 13.6. The Hall–Kier alpha value is -1.87. The Labute approximate surface area is 117 Å². The molecule has 0 atom stereocenters. The molecule has 0 radical (unpaired) electrons. The average Bonchev–Trinajstić information content (AvgIpc) is 2.44. The van der Waals surface area contributed by atoms with Gasteiger partial charge in [0.05, 0.1) is 0 Å². The van der Waals surface area contributed by atoms with Gasteiger partial charge in [-0.3, -0.25) is 9.78 Å². The highest BCUT2D eigenvalue weighted by molar-refractivity contribution is 6.30. The van der Waals surface area contributed by atoms with Crippen LogP contribution < -0.4 is 5.32 Å². The van der Waals surface area contributed by atoms with Crippen LogP contribution in [0.15, 0.2) is 48.8 Å². The third-order valence-corrected chi connectivity index (χ3v) is 2.98. The van der Waals surface area contributed by atoms with Gasteiger partial charge in [0, 0.05) is 30.4 Å². The fourth-order valence-corrected chi connectivity index (χ4v) is 1.95. The van der Waals surface area contributed by atoms with Gasteiger partial charge in [0.25, 0.3) is 0 Å². The van der Waals surface area contributed by atoms with E-state index in [0.717, 1.165) is 11.1 Å². The number of nitrogens with zero attached hydrogens (tertiary/aromatic N) is 1. The van der Waals surface area contributed by atoms with Crippen LogP contribution in [-0.4, -0.2) is 10.9 Å². The molecule has 0 saturated heterocycles. The van der Waals surface area contributed by atoms with Crippen molar-refractivity contribution in [3.63, 3.8) is 0 Å². The lowest BCUT2D eigenvalue weighted by molar-refractivity contribution is -0.121. The predicted molar refractivity (Wildman–Crippen MR) is 75.9 cm³/mol. The summed E-state index contributed by atoms with van der Waals surface area (Å²) in [5, 5.41) is 3.57. The number of halogens is 1. The van der Waals surface area contributed by atoms with Crippen LogP contribution in [0.1, 0.15) is 17.5 Å². The van der Waals surface area contributed by atoms with Crippen molar-refractivity contribution in [3.8, 4) is 0 Å². The van der Waals surface area contributed by atoms with Gasteiger partial charge in [0.15, 0.2) is 0 Å². The number of benzene rings is 1.